The van der Waals surface area contributed by atoms with Gasteiger partial charge in [-0.15, -0.1) is 0 Å². The van der Waals surface area contributed by atoms with E-state index in [1.54, 1.807) is 6.07 Å². The van der Waals surface area contributed by atoms with Crippen molar-refractivity contribution in [1.29, 1.82) is 0 Å². The molecule has 9 heteroatoms. The number of benzene rings is 1. The van der Waals surface area contributed by atoms with Crippen molar-refractivity contribution in [3.63, 3.8) is 0 Å². The van der Waals surface area contributed by atoms with Crippen LogP contribution in [0.3, 0.4) is 0 Å². The van der Waals surface area contributed by atoms with Crippen LogP contribution >= 0.6 is 0 Å². The fraction of sp³-hybridized carbons (Fsp3) is 0.579. The summed E-state index contributed by atoms with van der Waals surface area (Å²) in [6.45, 7) is 3.58. The van der Waals surface area contributed by atoms with Crippen molar-refractivity contribution in [1.82, 2.24) is 0 Å². The number of ether oxygens (including phenoxy) is 2. The lowest BCUT2D eigenvalue weighted by atomic mass is 9.93. The number of nitrogens with zero attached hydrogens (tertiary/aromatic N) is 1. The van der Waals surface area contributed by atoms with Gasteiger partial charge < -0.3 is 14.3 Å². The maximum atomic E-state index is 12.7. The second kappa shape index (κ2) is 7.90. The minimum Gasteiger partial charge on any atom is -0.431 e. The van der Waals surface area contributed by atoms with Gasteiger partial charge in [-0.1, -0.05) is 25.9 Å². The summed E-state index contributed by atoms with van der Waals surface area (Å²) >= 11 is 0. The highest BCUT2D eigenvalue weighted by molar-refractivity contribution is 6.02. The number of oxime groups is 1. The molecule has 3 rings (SSSR count). The first-order chi connectivity index (χ1) is 13.2. The van der Waals surface area contributed by atoms with Gasteiger partial charge in [-0.3, -0.25) is 9.78 Å². The SMILES string of the molecule is CC(C)(C)CC(=O)OOc1cc(C2=NOC3(CCOC3)C2)ccc1OC(F)F. The molecule has 1 fully saturated rings. The van der Waals surface area contributed by atoms with Gasteiger partial charge in [0.05, 0.1) is 25.3 Å². The molecule has 1 unspecified atom stereocenters. The second-order valence-corrected chi connectivity index (χ2v) is 8.11. The summed E-state index contributed by atoms with van der Waals surface area (Å²) in [6, 6.07) is 4.31. The molecule has 1 saturated heterocycles. The zero-order valence-corrected chi connectivity index (χ0v) is 16.0. The normalized spacial score (nSPS) is 21.6. The number of hydrogen-bond acceptors (Lipinski definition) is 7. The van der Waals surface area contributed by atoms with Gasteiger partial charge in [0.25, 0.3) is 0 Å². The molecule has 2 heterocycles. The Balaban J connectivity index is 1.74. The zero-order valence-electron chi connectivity index (χ0n) is 16.0. The lowest BCUT2D eigenvalue weighted by molar-refractivity contribution is -0.216. The lowest BCUT2D eigenvalue weighted by Gasteiger charge is -2.17. The van der Waals surface area contributed by atoms with Crippen LogP contribution in [0.2, 0.25) is 0 Å². The average molecular weight is 399 g/mol. The Kier molecular flexibility index (Phi) is 5.74. The van der Waals surface area contributed by atoms with Crippen molar-refractivity contribution < 1.29 is 37.7 Å². The monoisotopic (exact) mass is 399 g/mol. The standard InChI is InChI=1S/C19H23F2NO6/c1-18(2,3)10-16(23)27-26-15-8-12(4-5-14(15)25-17(20)21)13-9-19(28-22-13)6-7-24-11-19/h4-5,8,17H,6-7,9-11H2,1-3H3. The van der Waals surface area contributed by atoms with E-state index in [-0.39, 0.29) is 23.3 Å². The van der Waals surface area contributed by atoms with E-state index >= 15 is 0 Å². The quantitative estimate of drug-likeness (QED) is 0.534. The lowest BCUT2D eigenvalue weighted by Crippen LogP contribution is -2.29. The van der Waals surface area contributed by atoms with Gasteiger partial charge in [-0.2, -0.15) is 8.78 Å². The Labute approximate surface area is 161 Å². The van der Waals surface area contributed by atoms with Crippen molar-refractivity contribution in [3.8, 4) is 11.5 Å². The number of carbonyl (C=O) groups is 1. The third-order valence-electron chi connectivity index (χ3n) is 4.30. The molecule has 0 saturated carbocycles. The third-order valence-corrected chi connectivity index (χ3v) is 4.30. The van der Waals surface area contributed by atoms with Crippen molar-refractivity contribution in [2.75, 3.05) is 13.2 Å². The van der Waals surface area contributed by atoms with E-state index in [4.69, 9.17) is 19.3 Å². The first kappa shape index (κ1) is 20.3. The van der Waals surface area contributed by atoms with E-state index in [1.165, 1.54) is 12.1 Å². The van der Waals surface area contributed by atoms with Gasteiger partial charge in [-0.05, 0) is 23.6 Å². The Morgan fingerprint density at radius 1 is 1.32 bits per heavy atom. The van der Waals surface area contributed by atoms with E-state index in [0.717, 1.165) is 6.42 Å². The molecule has 7 nitrogen and oxygen atoms in total. The topological polar surface area (TPSA) is 75.6 Å². The third kappa shape index (κ3) is 5.09. The molecule has 0 amide bonds. The molecule has 1 spiro atoms. The smallest absolute Gasteiger partial charge is 0.387 e. The average Bonchev–Trinajstić information content (AvgIpc) is 3.22. The molecule has 0 aromatic heterocycles. The summed E-state index contributed by atoms with van der Waals surface area (Å²) in [4.78, 5) is 27.2. The van der Waals surface area contributed by atoms with Crippen LogP contribution in [-0.2, 0) is 19.3 Å². The predicted octanol–water partition coefficient (Wildman–Crippen LogP) is 3.84. The first-order valence-electron chi connectivity index (χ1n) is 8.95. The maximum absolute atomic E-state index is 12.7. The Hall–Kier alpha value is -2.42. The van der Waals surface area contributed by atoms with Crippen LogP contribution in [0, 0.1) is 5.41 Å². The van der Waals surface area contributed by atoms with Crippen molar-refractivity contribution in [2.45, 2.75) is 52.2 Å². The summed E-state index contributed by atoms with van der Waals surface area (Å²) in [5, 5.41) is 4.10. The molecule has 1 aromatic rings. The van der Waals surface area contributed by atoms with Crippen LogP contribution in [0.1, 0.15) is 45.6 Å². The molecule has 2 aliphatic heterocycles. The first-order valence-corrected chi connectivity index (χ1v) is 8.95. The minimum atomic E-state index is -3.05. The Morgan fingerprint density at radius 3 is 2.75 bits per heavy atom. The molecular formula is C19H23F2NO6. The van der Waals surface area contributed by atoms with Crippen molar-refractivity contribution in [3.05, 3.63) is 23.8 Å². The van der Waals surface area contributed by atoms with E-state index in [0.29, 0.717) is 30.9 Å². The molecule has 0 N–H and O–H groups in total. The van der Waals surface area contributed by atoms with Gasteiger partial charge in [-0.25, -0.2) is 4.79 Å². The fourth-order valence-electron chi connectivity index (χ4n) is 2.98. The predicted molar refractivity (Wildman–Crippen MR) is 94.3 cm³/mol. The second-order valence-electron chi connectivity index (χ2n) is 8.11. The van der Waals surface area contributed by atoms with E-state index < -0.39 is 18.2 Å². The largest absolute Gasteiger partial charge is 0.431 e. The van der Waals surface area contributed by atoms with Gasteiger partial charge in [0.1, 0.15) is 0 Å². The van der Waals surface area contributed by atoms with Crippen molar-refractivity contribution in [2.24, 2.45) is 10.6 Å². The van der Waals surface area contributed by atoms with E-state index in [1.807, 2.05) is 20.8 Å². The highest BCUT2D eigenvalue weighted by Crippen LogP contribution is 2.36. The zero-order chi connectivity index (χ0) is 20.4. The summed E-state index contributed by atoms with van der Waals surface area (Å²) in [7, 11) is 0. The summed E-state index contributed by atoms with van der Waals surface area (Å²) < 4.78 is 35.2. The Bertz CT molecular complexity index is 753. The van der Waals surface area contributed by atoms with Crippen LogP contribution in [0.15, 0.2) is 23.4 Å². The van der Waals surface area contributed by atoms with Crippen molar-refractivity contribution >= 4 is 11.7 Å². The molecular weight excluding hydrogens is 376 g/mol. The van der Waals surface area contributed by atoms with E-state index in [2.05, 4.69) is 9.89 Å². The van der Waals surface area contributed by atoms with Gasteiger partial charge in [0.15, 0.2) is 11.4 Å². The van der Waals surface area contributed by atoms with E-state index in [9.17, 15) is 13.6 Å². The molecule has 1 aromatic carbocycles. The number of hydrogen-bond donors (Lipinski definition) is 0. The van der Waals surface area contributed by atoms with Crippen LogP contribution in [0.4, 0.5) is 8.78 Å². The summed E-state index contributed by atoms with van der Waals surface area (Å²) in [5.41, 5.74) is 0.429. The summed E-state index contributed by atoms with van der Waals surface area (Å²) in [5.74, 6) is -1.02. The fourth-order valence-corrected chi connectivity index (χ4v) is 2.98. The van der Waals surface area contributed by atoms with Crippen LogP contribution in [0.25, 0.3) is 0 Å². The number of alkyl halides is 2. The van der Waals surface area contributed by atoms with Crippen LogP contribution in [0.5, 0.6) is 11.5 Å². The highest BCUT2D eigenvalue weighted by Gasteiger charge is 2.43. The van der Waals surface area contributed by atoms with Gasteiger partial charge >= 0.3 is 12.6 Å². The number of rotatable bonds is 6. The molecule has 28 heavy (non-hydrogen) atoms. The summed E-state index contributed by atoms with van der Waals surface area (Å²) in [6.07, 6.45) is 1.34. The Morgan fingerprint density at radius 2 is 2.11 bits per heavy atom. The molecule has 0 aliphatic carbocycles. The minimum absolute atomic E-state index is 0.0980. The molecule has 0 bridgehead atoms. The van der Waals surface area contributed by atoms with Gasteiger partial charge in [0.2, 0.25) is 5.75 Å². The van der Waals surface area contributed by atoms with Crippen LogP contribution in [-0.4, -0.2) is 37.1 Å². The molecule has 154 valence electrons. The number of carbonyl (C=O) groups excluding carboxylic acids is 1. The highest BCUT2D eigenvalue weighted by atomic mass is 19.3. The van der Waals surface area contributed by atoms with Gasteiger partial charge in [0, 0.05) is 18.4 Å². The molecule has 2 aliphatic rings. The number of halogens is 2. The molecule has 0 radical (unpaired) electrons. The maximum Gasteiger partial charge on any atom is 0.387 e. The van der Waals surface area contributed by atoms with Crippen LogP contribution < -0.4 is 9.62 Å². The molecule has 1 atom stereocenters.